The molecule has 1 aromatic carbocycles. The van der Waals surface area contributed by atoms with Crippen LogP contribution in [0.4, 0.5) is 0 Å². The van der Waals surface area contributed by atoms with Gasteiger partial charge in [0, 0.05) is 6.08 Å². The first-order valence-corrected chi connectivity index (χ1v) is 15.7. The van der Waals surface area contributed by atoms with Crippen molar-refractivity contribution in [3.63, 3.8) is 0 Å². The van der Waals surface area contributed by atoms with Gasteiger partial charge < -0.3 is 4.74 Å². The SMILES string of the molecule is O=C(/C=C/c1ccccc1P(=S)(C1CCCCC1)C1CCCCC1)OC1CCCCC1. The van der Waals surface area contributed by atoms with E-state index in [4.69, 9.17) is 16.5 Å². The van der Waals surface area contributed by atoms with Crippen LogP contribution in [0, 0.1) is 0 Å². The molecular formula is C27H39O2PS. The lowest BCUT2D eigenvalue weighted by molar-refractivity contribution is -0.144. The predicted octanol–water partition coefficient (Wildman–Crippen LogP) is 7.35. The highest BCUT2D eigenvalue weighted by Crippen LogP contribution is 2.62. The Kier molecular flexibility index (Phi) is 8.46. The minimum atomic E-state index is -1.72. The smallest absolute Gasteiger partial charge is 0.331 e. The van der Waals surface area contributed by atoms with E-state index in [1.165, 1.54) is 94.3 Å². The molecule has 3 aliphatic rings. The number of hydrogen-bond acceptors (Lipinski definition) is 3. The van der Waals surface area contributed by atoms with Crippen LogP contribution >= 0.6 is 6.04 Å². The van der Waals surface area contributed by atoms with Crippen molar-refractivity contribution in [3.8, 4) is 0 Å². The highest BCUT2D eigenvalue weighted by Gasteiger charge is 2.39. The minimum absolute atomic E-state index is 0.108. The van der Waals surface area contributed by atoms with Gasteiger partial charge in [-0.05, 0) is 85.7 Å². The quantitative estimate of drug-likeness (QED) is 0.253. The van der Waals surface area contributed by atoms with Gasteiger partial charge in [-0.3, -0.25) is 0 Å². The van der Waals surface area contributed by atoms with Crippen LogP contribution in [0.2, 0.25) is 0 Å². The summed E-state index contributed by atoms with van der Waals surface area (Å²) in [6.45, 7) is 0. The van der Waals surface area contributed by atoms with Crippen LogP contribution in [0.25, 0.3) is 6.08 Å². The molecule has 0 N–H and O–H groups in total. The Morgan fingerprint density at radius 2 is 1.32 bits per heavy atom. The molecule has 4 heteroatoms. The molecule has 0 radical (unpaired) electrons. The summed E-state index contributed by atoms with van der Waals surface area (Å²) in [4.78, 5) is 12.5. The van der Waals surface area contributed by atoms with Crippen LogP contribution in [0.1, 0.15) is 102 Å². The van der Waals surface area contributed by atoms with E-state index in [1.54, 1.807) is 6.08 Å². The van der Waals surface area contributed by atoms with Crippen LogP contribution in [0.15, 0.2) is 30.3 Å². The van der Waals surface area contributed by atoms with Gasteiger partial charge in [-0.15, -0.1) is 0 Å². The first-order valence-electron chi connectivity index (χ1n) is 12.8. The summed E-state index contributed by atoms with van der Waals surface area (Å²) < 4.78 is 5.73. The number of benzene rings is 1. The van der Waals surface area contributed by atoms with Gasteiger partial charge in [0.1, 0.15) is 6.10 Å². The molecule has 0 unspecified atom stereocenters. The van der Waals surface area contributed by atoms with E-state index in [0.29, 0.717) is 11.3 Å². The average molecular weight is 459 g/mol. The Hall–Kier alpha value is -0.920. The molecule has 170 valence electrons. The molecule has 0 spiro atoms. The maximum absolute atomic E-state index is 12.5. The second-order valence-corrected chi connectivity index (χ2v) is 15.1. The Balaban J connectivity index is 1.58. The van der Waals surface area contributed by atoms with Gasteiger partial charge >= 0.3 is 5.97 Å². The lowest BCUT2D eigenvalue weighted by Gasteiger charge is -2.42. The molecule has 31 heavy (non-hydrogen) atoms. The lowest BCUT2D eigenvalue weighted by Crippen LogP contribution is -2.30. The lowest BCUT2D eigenvalue weighted by atomic mass is 9.98. The fraction of sp³-hybridized carbons (Fsp3) is 0.667. The maximum Gasteiger partial charge on any atom is 0.331 e. The third-order valence-corrected chi connectivity index (χ3v) is 14.5. The molecule has 3 fully saturated rings. The summed E-state index contributed by atoms with van der Waals surface area (Å²) in [6, 6.07) is 7.01. The third kappa shape index (κ3) is 5.72. The number of rotatable bonds is 6. The van der Waals surface area contributed by atoms with E-state index in [0.717, 1.165) is 12.8 Å². The van der Waals surface area contributed by atoms with Crippen LogP contribution in [0.5, 0.6) is 0 Å². The van der Waals surface area contributed by atoms with Crippen LogP contribution in [-0.4, -0.2) is 23.4 Å². The molecule has 4 rings (SSSR count). The zero-order chi connectivity index (χ0) is 21.5. The molecule has 2 nitrogen and oxygen atoms in total. The van der Waals surface area contributed by atoms with E-state index >= 15 is 0 Å². The van der Waals surface area contributed by atoms with Crippen molar-refractivity contribution < 1.29 is 9.53 Å². The first-order chi connectivity index (χ1) is 15.2. The zero-order valence-electron chi connectivity index (χ0n) is 19.0. The average Bonchev–Trinajstić information content (AvgIpc) is 2.84. The molecular weight excluding hydrogens is 419 g/mol. The van der Waals surface area contributed by atoms with Gasteiger partial charge in [0.2, 0.25) is 0 Å². The molecule has 0 aromatic heterocycles. The van der Waals surface area contributed by atoms with Gasteiger partial charge in [-0.1, -0.05) is 81.0 Å². The van der Waals surface area contributed by atoms with E-state index in [-0.39, 0.29) is 12.1 Å². The standard InChI is InChI=1S/C27H39O2PS/c28-27(29-23-13-4-1-5-14-23)21-20-22-12-10-11-19-26(22)30(31,24-15-6-2-7-16-24)25-17-8-3-9-18-25/h10-12,19-21,23-25H,1-9,13-18H2/b21-20+. The molecule has 0 heterocycles. The van der Waals surface area contributed by atoms with Crippen molar-refractivity contribution in [2.45, 2.75) is 114 Å². The Bertz CT molecular complexity index is 777. The molecule has 0 bridgehead atoms. The van der Waals surface area contributed by atoms with Crippen molar-refractivity contribution in [3.05, 3.63) is 35.9 Å². The van der Waals surface area contributed by atoms with Gasteiger partial charge in [0.05, 0.1) is 0 Å². The molecule has 0 saturated heterocycles. The van der Waals surface area contributed by atoms with E-state index in [2.05, 4.69) is 24.3 Å². The molecule has 0 atom stereocenters. The topological polar surface area (TPSA) is 26.3 Å². The summed E-state index contributed by atoms with van der Waals surface area (Å²) in [7, 11) is 0. The highest BCUT2D eigenvalue weighted by atomic mass is 32.4. The summed E-state index contributed by atoms with van der Waals surface area (Å²) in [5, 5.41) is 1.39. The van der Waals surface area contributed by atoms with Crippen molar-refractivity contribution in [2.75, 3.05) is 0 Å². The molecule has 1 aromatic rings. The van der Waals surface area contributed by atoms with E-state index < -0.39 is 6.04 Å². The summed E-state index contributed by atoms with van der Waals surface area (Å²) >= 11 is 6.77. The summed E-state index contributed by atoms with van der Waals surface area (Å²) in [5.41, 5.74) is 2.54. The summed E-state index contributed by atoms with van der Waals surface area (Å²) in [6.07, 6.45) is 22.7. The molecule has 3 aliphatic carbocycles. The van der Waals surface area contributed by atoms with Crippen molar-refractivity contribution in [1.29, 1.82) is 0 Å². The monoisotopic (exact) mass is 458 g/mol. The number of hydrogen-bond donors (Lipinski definition) is 0. The summed E-state index contributed by atoms with van der Waals surface area (Å²) in [5.74, 6) is -0.190. The first kappa shape index (κ1) is 23.2. The molecule has 0 aliphatic heterocycles. The molecule has 0 amide bonds. The minimum Gasteiger partial charge on any atom is -0.459 e. The highest BCUT2D eigenvalue weighted by molar-refractivity contribution is 8.19. The number of ether oxygens (including phenoxy) is 1. The van der Waals surface area contributed by atoms with Gasteiger partial charge in [0.15, 0.2) is 0 Å². The van der Waals surface area contributed by atoms with Gasteiger partial charge in [0.25, 0.3) is 0 Å². The second kappa shape index (κ2) is 11.3. The van der Waals surface area contributed by atoms with Crippen LogP contribution < -0.4 is 5.30 Å². The number of esters is 1. The van der Waals surface area contributed by atoms with Crippen molar-refractivity contribution in [2.24, 2.45) is 0 Å². The molecule has 3 saturated carbocycles. The predicted molar refractivity (Wildman–Crippen MR) is 136 cm³/mol. The normalized spacial score (nSPS) is 22.6. The Morgan fingerprint density at radius 1 is 0.806 bits per heavy atom. The van der Waals surface area contributed by atoms with Crippen LogP contribution in [-0.2, 0) is 21.3 Å². The van der Waals surface area contributed by atoms with E-state index in [9.17, 15) is 4.79 Å². The fourth-order valence-electron chi connectivity index (χ4n) is 6.11. The maximum atomic E-state index is 12.5. The Morgan fingerprint density at radius 3 is 1.90 bits per heavy atom. The van der Waals surface area contributed by atoms with Crippen molar-refractivity contribution >= 4 is 35.2 Å². The van der Waals surface area contributed by atoms with Crippen LogP contribution in [0.3, 0.4) is 0 Å². The zero-order valence-corrected chi connectivity index (χ0v) is 20.7. The second-order valence-electron chi connectivity index (χ2n) is 9.88. The largest absolute Gasteiger partial charge is 0.459 e. The van der Waals surface area contributed by atoms with Gasteiger partial charge in [-0.25, -0.2) is 4.79 Å². The third-order valence-electron chi connectivity index (χ3n) is 7.78. The van der Waals surface area contributed by atoms with E-state index in [1.807, 2.05) is 6.08 Å². The fourth-order valence-corrected chi connectivity index (χ4v) is 12.4. The van der Waals surface area contributed by atoms with Crippen molar-refractivity contribution in [1.82, 2.24) is 0 Å². The number of carbonyl (C=O) groups is 1. The number of carbonyl (C=O) groups excluding carboxylic acids is 1. The Labute approximate surface area is 194 Å². The van der Waals surface area contributed by atoms with Gasteiger partial charge in [-0.2, -0.15) is 0 Å².